The lowest BCUT2D eigenvalue weighted by Gasteiger charge is -2.23. The Morgan fingerprint density at radius 3 is 2.70 bits per heavy atom. The smallest absolute Gasteiger partial charge is 0.287 e. The van der Waals surface area contributed by atoms with Crippen molar-refractivity contribution in [2.24, 2.45) is 5.92 Å². The molecule has 1 aromatic heterocycles. The van der Waals surface area contributed by atoms with E-state index in [4.69, 9.17) is 4.42 Å². The quantitative estimate of drug-likeness (QED) is 0.727. The summed E-state index contributed by atoms with van der Waals surface area (Å²) in [5, 5.41) is 8.44. The molecule has 1 aliphatic rings. The van der Waals surface area contributed by atoms with Crippen molar-refractivity contribution in [3.8, 4) is 0 Å². The molecule has 1 aliphatic heterocycles. The number of nitrogens with one attached hydrogen (secondary N) is 3. The molecule has 0 saturated carbocycles. The number of halogens is 2. The molecule has 1 aromatic carbocycles. The highest BCUT2D eigenvalue weighted by atomic mass is 35.5. The minimum atomic E-state index is -0.815. The largest absolute Gasteiger partial charge is 0.459 e. The molecule has 0 aliphatic carbocycles. The first kappa shape index (κ1) is 20.9. The van der Waals surface area contributed by atoms with E-state index >= 15 is 0 Å². The van der Waals surface area contributed by atoms with Crippen molar-refractivity contribution in [3.63, 3.8) is 0 Å². The zero-order valence-corrected chi connectivity index (χ0v) is 16.0. The number of anilines is 1. The first-order valence-electron chi connectivity index (χ1n) is 8.63. The van der Waals surface area contributed by atoms with E-state index in [1.807, 2.05) is 19.9 Å². The van der Waals surface area contributed by atoms with Gasteiger partial charge in [0.25, 0.3) is 5.91 Å². The van der Waals surface area contributed by atoms with Gasteiger partial charge < -0.3 is 20.4 Å². The molecule has 0 spiro atoms. The van der Waals surface area contributed by atoms with E-state index in [-0.39, 0.29) is 29.8 Å². The summed E-state index contributed by atoms with van der Waals surface area (Å²) in [5.41, 5.74) is 1.66. The van der Waals surface area contributed by atoms with Gasteiger partial charge in [-0.1, -0.05) is 19.9 Å². The van der Waals surface area contributed by atoms with Crippen LogP contribution in [0.1, 0.15) is 35.5 Å². The van der Waals surface area contributed by atoms with Gasteiger partial charge in [-0.05, 0) is 48.2 Å². The highest BCUT2D eigenvalue weighted by Gasteiger charge is 2.27. The topological polar surface area (TPSA) is 83.4 Å². The van der Waals surface area contributed by atoms with E-state index in [1.54, 1.807) is 12.1 Å². The van der Waals surface area contributed by atoms with Crippen LogP contribution in [0, 0.1) is 11.7 Å². The summed E-state index contributed by atoms with van der Waals surface area (Å²) in [7, 11) is 0. The van der Waals surface area contributed by atoms with Crippen LogP contribution >= 0.6 is 12.4 Å². The van der Waals surface area contributed by atoms with Gasteiger partial charge in [-0.15, -0.1) is 12.4 Å². The monoisotopic (exact) mass is 395 g/mol. The molecule has 0 saturated heterocycles. The summed E-state index contributed by atoms with van der Waals surface area (Å²) < 4.78 is 19.8. The maximum atomic E-state index is 14.7. The fraction of sp³-hybridized carbons (Fsp3) is 0.368. The van der Waals surface area contributed by atoms with Crippen LogP contribution in [0.5, 0.6) is 0 Å². The van der Waals surface area contributed by atoms with E-state index in [0.717, 1.165) is 5.56 Å². The Hall–Kier alpha value is -2.38. The predicted octanol–water partition coefficient (Wildman–Crippen LogP) is 2.88. The number of carbonyl (C=O) groups excluding carboxylic acids is 2. The van der Waals surface area contributed by atoms with Crippen LogP contribution < -0.4 is 16.0 Å². The number of hydrogen-bond acceptors (Lipinski definition) is 4. The molecule has 2 aromatic rings. The summed E-state index contributed by atoms with van der Waals surface area (Å²) in [4.78, 5) is 24.8. The van der Waals surface area contributed by atoms with Gasteiger partial charge in [0.1, 0.15) is 11.9 Å². The van der Waals surface area contributed by atoms with Crippen molar-refractivity contribution < 1.29 is 18.4 Å². The lowest BCUT2D eigenvalue weighted by atomic mass is 9.99. The Balaban J connectivity index is 0.00000261. The Morgan fingerprint density at radius 2 is 2.04 bits per heavy atom. The second kappa shape index (κ2) is 9.01. The van der Waals surface area contributed by atoms with Crippen molar-refractivity contribution in [2.75, 3.05) is 11.9 Å². The average molecular weight is 396 g/mol. The van der Waals surface area contributed by atoms with Crippen molar-refractivity contribution in [1.29, 1.82) is 0 Å². The third kappa shape index (κ3) is 4.67. The van der Waals surface area contributed by atoms with Crippen molar-refractivity contribution >= 4 is 29.9 Å². The van der Waals surface area contributed by atoms with Gasteiger partial charge in [-0.25, -0.2) is 4.39 Å². The second-order valence-electron chi connectivity index (χ2n) is 6.65. The highest BCUT2D eigenvalue weighted by molar-refractivity contribution is 6.00. The Kier molecular flexibility index (Phi) is 6.98. The summed E-state index contributed by atoms with van der Waals surface area (Å²) in [6.45, 7) is 4.94. The van der Waals surface area contributed by atoms with Crippen LogP contribution in [0.25, 0.3) is 0 Å². The summed E-state index contributed by atoms with van der Waals surface area (Å²) >= 11 is 0. The Labute approximate surface area is 163 Å². The van der Waals surface area contributed by atoms with E-state index < -0.39 is 23.7 Å². The molecule has 0 radical (unpaired) electrons. The number of furan rings is 1. The summed E-state index contributed by atoms with van der Waals surface area (Å²) in [5.74, 6) is -1.42. The number of amides is 2. The predicted molar refractivity (Wildman–Crippen MR) is 102 cm³/mol. The van der Waals surface area contributed by atoms with Gasteiger partial charge in [-0.3, -0.25) is 9.59 Å². The van der Waals surface area contributed by atoms with Crippen molar-refractivity contribution in [3.05, 3.63) is 53.2 Å². The average Bonchev–Trinajstić information content (AvgIpc) is 3.16. The summed E-state index contributed by atoms with van der Waals surface area (Å²) in [6.07, 6.45) is 1.96. The van der Waals surface area contributed by atoms with Crippen LogP contribution in [0.2, 0.25) is 0 Å². The Morgan fingerprint density at radius 1 is 1.26 bits per heavy atom. The van der Waals surface area contributed by atoms with Crippen LogP contribution in [-0.4, -0.2) is 24.4 Å². The maximum Gasteiger partial charge on any atom is 0.287 e. The second-order valence-corrected chi connectivity index (χ2v) is 6.65. The van der Waals surface area contributed by atoms with Crippen LogP contribution in [-0.2, 0) is 17.8 Å². The molecule has 1 unspecified atom stereocenters. The van der Waals surface area contributed by atoms with Crippen molar-refractivity contribution in [1.82, 2.24) is 10.6 Å². The zero-order chi connectivity index (χ0) is 18.7. The van der Waals surface area contributed by atoms with E-state index in [1.165, 1.54) is 12.3 Å². The number of fused-ring (bicyclic) bond motifs is 1. The first-order chi connectivity index (χ1) is 12.5. The van der Waals surface area contributed by atoms with Gasteiger partial charge in [0.15, 0.2) is 5.76 Å². The van der Waals surface area contributed by atoms with Gasteiger partial charge >= 0.3 is 0 Å². The van der Waals surface area contributed by atoms with Crippen molar-refractivity contribution in [2.45, 2.75) is 32.9 Å². The standard InChI is InChI=1S/C19H22FN3O3.ClH/c1-11(2)17(23-18(24)15-4-3-9-26-15)19(25)22-14-6-5-12-10-21-8-7-13(12)16(14)20;/h3-6,9,11,17,21H,7-8,10H2,1-2H3,(H,22,25)(H,23,24);1H. The molecule has 8 heteroatoms. The van der Waals surface area contributed by atoms with Gasteiger partial charge in [-0.2, -0.15) is 0 Å². The molecule has 2 amide bonds. The molecule has 3 N–H and O–H groups in total. The van der Waals surface area contributed by atoms with Crippen LogP contribution in [0.15, 0.2) is 34.9 Å². The van der Waals surface area contributed by atoms with E-state index in [0.29, 0.717) is 25.1 Å². The van der Waals surface area contributed by atoms with Gasteiger partial charge in [0.2, 0.25) is 5.91 Å². The number of rotatable bonds is 5. The number of carbonyl (C=O) groups is 2. The lowest BCUT2D eigenvalue weighted by Crippen LogP contribution is -2.47. The van der Waals surface area contributed by atoms with Crippen LogP contribution in [0.4, 0.5) is 10.1 Å². The minimum Gasteiger partial charge on any atom is -0.459 e. The number of hydrogen-bond donors (Lipinski definition) is 3. The number of benzene rings is 1. The lowest BCUT2D eigenvalue weighted by molar-refractivity contribution is -0.118. The normalized spacial score (nSPS) is 14.1. The molecule has 1 atom stereocenters. The third-order valence-electron chi connectivity index (χ3n) is 4.45. The van der Waals surface area contributed by atoms with Crippen LogP contribution in [0.3, 0.4) is 0 Å². The van der Waals surface area contributed by atoms with E-state index in [2.05, 4.69) is 16.0 Å². The fourth-order valence-electron chi connectivity index (χ4n) is 3.00. The fourth-order valence-corrected chi connectivity index (χ4v) is 3.00. The molecule has 0 bridgehead atoms. The zero-order valence-electron chi connectivity index (χ0n) is 15.2. The highest BCUT2D eigenvalue weighted by Crippen LogP contribution is 2.25. The van der Waals surface area contributed by atoms with Gasteiger partial charge in [0, 0.05) is 6.54 Å². The molecular weight excluding hydrogens is 373 g/mol. The molecule has 2 heterocycles. The molecule has 3 rings (SSSR count). The molecule has 146 valence electrons. The minimum absolute atomic E-state index is 0. The molecular formula is C19H23ClFN3O3. The van der Waals surface area contributed by atoms with Gasteiger partial charge in [0.05, 0.1) is 12.0 Å². The maximum absolute atomic E-state index is 14.7. The van der Waals surface area contributed by atoms with E-state index in [9.17, 15) is 14.0 Å². The molecule has 6 nitrogen and oxygen atoms in total. The molecule has 0 fully saturated rings. The third-order valence-corrected chi connectivity index (χ3v) is 4.45. The summed E-state index contributed by atoms with van der Waals surface area (Å²) in [6, 6.07) is 5.67. The Bertz CT molecular complexity index is 809. The SMILES string of the molecule is CC(C)C(NC(=O)c1ccco1)C(=O)Nc1ccc2c(c1F)CCNC2.Cl. The first-order valence-corrected chi connectivity index (χ1v) is 8.63. The molecule has 27 heavy (non-hydrogen) atoms.